The Morgan fingerprint density at radius 2 is 2.14 bits per heavy atom. The van der Waals surface area contributed by atoms with Gasteiger partial charge < -0.3 is 5.32 Å². The first-order valence-electron chi connectivity index (χ1n) is 6.38. The van der Waals surface area contributed by atoms with E-state index in [4.69, 9.17) is 0 Å². The number of halogens is 3. The predicted octanol–water partition coefficient (Wildman–Crippen LogP) is 3.41. The number of rotatable bonds is 7. The number of nitro groups is 1. The Hall–Kier alpha value is -1.57. The summed E-state index contributed by atoms with van der Waals surface area (Å²) in [7, 11) is 0. The molecule has 0 fully saturated rings. The van der Waals surface area contributed by atoms with Crippen LogP contribution in [-0.2, 0) is 0 Å². The Balaban J connectivity index is 2.90. The Morgan fingerprint density at radius 1 is 1.48 bits per heavy atom. The second-order valence-corrected chi connectivity index (χ2v) is 5.30. The fraction of sp³-hybridized carbons (Fsp3) is 0.462. The summed E-state index contributed by atoms with van der Waals surface area (Å²) in [6, 6.07) is 1.11. The zero-order chi connectivity index (χ0) is 16.0. The SMILES string of the molecule is CCC(CCBr)CNC(=O)c1cc(F)cc([N+](=O)[O-])c1F. The number of alkyl halides is 1. The van der Waals surface area contributed by atoms with Crippen LogP contribution in [0.3, 0.4) is 0 Å². The molecule has 1 atom stereocenters. The van der Waals surface area contributed by atoms with Crippen molar-refractivity contribution in [3.05, 3.63) is 39.4 Å². The second kappa shape index (κ2) is 8.02. The molecular weight excluding hydrogens is 350 g/mol. The molecule has 1 unspecified atom stereocenters. The van der Waals surface area contributed by atoms with Crippen LogP contribution in [0.5, 0.6) is 0 Å². The third-order valence-corrected chi connectivity index (χ3v) is 3.56. The number of hydrogen-bond acceptors (Lipinski definition) is 3. The second-order valence-electron chi connectivity index (χ2n) is 4.51. The van der Waals surface area contributed by atoms with Gasteiger partial charge >= 0.3 is 5.69 Å². The molecule has 0 heterocycles. The third kappa shape index (κ3) is 4.73. The Kier molecular flexibility index (Phi) is 6.67. The lowest BCUT2D eigenvalue weighted by molar-refractivity contribution is -0.387. The molecule has 0 radical (unpaired) electrons. The summed E-state index contributed by atoms with van der Waals surface area (Å²) in [5, 5.41) is 13.9. The molecule has 1 rings (SSSR count). The van der Waals surface area contributed by atoms with E-state index >= 15 is 0 Å². The van der Waals surface area contributed by atoms with Gasteiger partial charge in [0.1, 0.15) is 5.82 Å². The van der Waals surface area contributed by atoms with E-state index in [0.717, 1.165) is 18.2 Å². The van der Waals surface area contributed by atoms with Crippen LogP contribution in [0.15, 0.2) is 12.1 Å². The van der Waals surface area contributed by atoms with Crippen molar-refractivity contribution in [1.82, 2.24) is 5.32 Å². The van der Waals surface area contributed by atoms with Gasteiger partial charge in [0.05, 0.1) is 16.6 Å². The number of nitrogens with zero attached hydrogens (tertiary/aromatic N) is 1. The van der Waals surface area contributed by atoms with E-state index in [0.29, 0.717) is 18.7 Å². The van der Waals surface area contributed by atoms with Crippen LogP contribution in [0.4, 0.5) is 14.5 Å². The van der Waals surface area contributed by atoms with Crippen LogP contribution in [-0.4, -0.2) is 22.7 Å². The van der Waals surface area contributed by atoms with E-state index in [1.165, 1.54) is 0 Å². The monoisotopic (exact) mass is 364 g/mol. The maximum atomic E-state index is 13.8. The number of nitrogens with one attached hydrogen (secondary N) is 1. The van der Waals surface area contributed by atoms with Crippen molar-refractivity contribution in [2.45, 2.75) is 19.8 Å². The summed E-state index contributed by atoms with van der Waals surface area (Å²) in [6.45, 7) is 2.25. The average Bonchev–Trinajstić information content (AvgIpc) is 2.44. The molecule has 116 valence electrons. The molecule has 1 aromatic rings. The van der Waals surface area contributed by atoms with Crippen LogP contribution in [0.2, 0.25) is 0 Å². The third-order valence-electron chi connectivity index (χ3n) is 3.11. The van der Waals surface area contributed by atoms with E-state index < -0.39 is 33.7 Å². The lowest BCUT2D eigenvalue weighted by Gasteiger charge is -2.14. The maximum Gasteiger partial charge on any atom is 0.308 e. The van der Waals surface area contributed by atoms with Gasteiger partial charge in [-0.15, -0.1) is 0 Å². The highest BCUT2D eigenvalue weighted by Gasteiger charge is 2.24. The number of carbonyl (C=O) groups excluding carboxylic acids is 1. The van der Waals surface area contributed by atoms with E-state index in [9.17, 15) is 23.7 Å². The van der Waals surface area contributed by atoms with Crippen molar-refractivity contribution in [3.63, 3.8) is 0 Å². The highest BCUT2D eigenvalue weighted by molar-refractivity contribution is 9.09. The first kappa shape index (κ1) is 17.5. The van der Waals surface area contributed by atoms with Gasteiger partial charge in [-0.05, 0) is 18.4 Å². The molecule has 21 heavy (non-hydrogen) atoms. The minimum atomic E-state index is -1.33. The summed E-state index contributed by atoms with van der Waals surface area (Å²) in [6.07, 6.45) is 1.64. The van der Waals surface area contributed by atoms with Crippen LogP contribution >= 0.6 is 15.9 Å². The first-order valence-corrected chi connectivity index (χ1v) is 7.50. The molecule has 8 heteroatoms. The van der Waals surface area contributed by atoms with Crippen molar-refractivity contribution in [3.8, 4) is 0 Å². The fourth-order valence-corrected chi connectivity index (χ4v) is 2.46. The predicted molar refractivity (Wildman–Crippen MR) is 77.5 cm³/mol. The number of nitro benzene ring substituents is 1. The number of hydrogen-bond donors (Lipinski definition) is 1. The molecular formula is C13H15BrF2N2O3. The minimum absolute atomic E-state index is 0.194. The normalized spacial score (nSPS) is 12.0. The van der Waals surface area contributed by atoms with Gasteiger partial charge in [0.2, 0.25) is 5.82 Å². The summed E-state index contributed by atoms with van der Waals surface area (Å²) in [5.74, 6) is -3.02. The minimum Gasteiger partial charge on any atom is -0.352 e. The summed E-state index contributed by atoms with van der Waals surface area (Å²) in [5.41, 5.74) is -1.71. The van der Waals surface area contributed by atoms with Crippen LogP contribution < -0.4 is 5.32 Å². The van der Waals surface area contributed by atoms with Gasteiger partial charge in [-0.2, -0.15) is 4.39 Å². The van der Waals surface area contributed by atoms with Gasteiger partial charge in [0.15, 0.2) is 0 Å². The molecule has 1 amide bonds. The van der Waals surface area contributed by atoms with Crippen molar-refractivity contribution < 1.29 is 18.5 Å². The largest absolute Gasteiger partial charge is 0.352 e. The highest BCUT2D eigenvalue weighted by Crippen LogP contribution is 2.22. The van der Waals surface area contributed by atoms with Crippen molar-refractivity contribution in [2.24, 2.45) is 5.92 Å². The smallest absolute Gasteiger partial charge is 0.308 e. The standard InChI is InChI=1S/C13H15BrF2N2O3/c1-2-8(3-4-14)7-17-13(19)10-5-9(15)6-11(12(10)16)18(20)21/h5-6,8H,2-4,7H2,1H3,(H,17,19). The Morgan fingerprint density at radius 3 is 2.67 bits per heavy atom. The fourth-order valence-electron chi connectivity index (χ4n) is 1.81. The Bertz CT molecular complexity index is 540. The molecule has 0 saturated heterocycles. The lowest BCUT2D eigenvalue weighted by Crippen LogP contribution is -2.30. The molecule has 1 N–H and O–H groups in total. The molecule has 5 nitrogen and oxygen atoms in total. The van der Waals surface area contributed by atoms with Gasteiger partial charge in [0, 0.05) is 11.9 Å². The van der Waals surface area contributed by atoms with E-state index in [1.807, 2.05) is 6.92 Å². The van der Waals surface area contributed by atoms with Crippen LogP contribution in [0.1, 0.15) is 30.1 Å². The molecule has 0 spiro atoms. The Labute approximate surface area is 129 Å². The van der Waals surface area contributed by atoms with Gasteiger partial charge in [-0.1, -0.05) is 29.3 Å². The van der Waals surface area contributed by atoms with Gasteiger partial charge in [0.25, 0.3) is 5.91 Å². The van der Waals surface area contributed by atoms with Gasteiger partial charge in [-0.25, -0.2) is 4.39 Å². The topological polar surface area (TPSA) is 72.2 Å². The zero-order valence-corrected chi connectivity index (χ0v) is 13.0. The zero-order valence-electron chi connectivity index (χ0n) is 11.4. The van der Waals surface area contributed by atoms with Crippen LogP contribution in [0.25, 0.3) is 0 Å². The summed E-state index contributed by atoms with van der Waals surface area (Å²) in [4.78, 5) is 21.4. The average molecular weight is 365 g/mol. The molecule has 0 aliphatic carbocycles. The maximum absolute atomic E-state index is 13.8. The van der Waals surface area contributed by atoms with Crippen molar-refractivity contribution in [2.75, 3.05) is 11.9 Å². The highest BCUT2D eigenvalue weighted by atomic mass is 79.9. The number of benzene rings is 1. The number of carbonyl (C=O) groups is 1. The van der Waals surface area contributed by atoms with Crippen LogP contribution in [0, 0.1) is 27.7 Å². The molecule has 0 aliphatic heterocycles. The van der Waals surface area contributed by atoms with E-state index in [2.05, 4.69) is 21.2 Å². The molecule has 0 saturated carbocycles. The lowest BCUT2D eigenvalue weighted by atomic mass is 10.0. The van der Waals surface area contributed by atoms with E-state index in [1.54, 1.807) is 0 Å². The number of amides is 1. The van der Waals surface area contributed by atoms with Crippen molar-refractivity contribution >= 4 is 27.5 Å². The molecule has 0 bridgehead atoms. The molecule has 0 aromatic heterocycles. The summed E-state index contributed by atoms with van der Waals surface area (Å²) >= 11 is 3.29. The quantitative estimate of drug-likeness (QED) is 0.457. The van der Waals surface area contributed by atoms with Crippen molar-refractivity contribution in [1.29, 1.82) is 0 Å². The van der Waals surface area contributed by atoms with Gasteiger partial charge in [-0.3, -0.25) is 14.9 Å². The molecule has 0 aliphatic rings. The molecule has 1 aromatic carbocycles. The van der Waals surface area contributed by atoms with E-state index in [-0.39, 0.29) is 5.92 Å². The summed E-state index contributed by atoms with van der Waals surface area (Å²) < 4.78 is 27.1. The first-order chi connectivity index (χ1) is 9.90.